The first-order valence-electron chi connectivity index (χ1n) is 4.57. The average molecular weight is 237 g/mol. The first-order chi connectivity index (χ1) is 7.66. The van der Waals surface area contributed by atoms with Crippen molar-refractivity contribution in [3.05, 3.63) is 41.4 Å². The van der Waals surface area contributed by atoms with E-state index in [4.69, 9.17) is 11.6 Å². The average Bonchev–Trinajstić information content (AvgIpc) is 2.64. The predicted molar refractivity (Wildman–Crippen MR) is 60.4 cm³/mol. The molecule has 0 saturated heterocycles. The van der Waals surface area contributed by atoms with Gasteiger partial charge in [0.25, 0.3) is 5.91 Å². The SMILES string of the molecule is Cn1cc(NC(=O)c2cccnc2Cl)cn1. The second kappa shape index (κ2) is 4.32. The molecular weight excluding hydrogens is 228 g/mol. The van der Waals surface area contributed by atoms with Gasteiger partial charge in [-0.25, -0.2) is 4.98 Å². The second-order valence-corrected chi connectivity index (χ2v) is 3.56. The van der Waals surface area contributed by atoms with E-state index in [1.807, 2.05) is 0 Å². The molecule has 2 aromatic heterocycles. The minimum atomic E-state index is -0.300. The number of hydrogen-bond donors (Lipinski definition) is 1. The minimum absolute atomic E-state index is 0.184. The number of pyridine rings is 1. The molecule has 0 radical (unpaired) electrons. The Balaban J connectivity index is 2.18. The molecular formula is C10H9ClN4O. The highest BCUT2D eigenvalue weighted by atomic mass is 35.5. The Hall–Kier alpha value is -1.88. The summed E-state index contributed by atoms with van der Waals surface area (Å²) in [6.07, 6.45) is 4.79. The van der Waals surface area contributed by atoms with Gasteiger partial charge in [0.2, 0.25) is 0 Å². The molecule has 0 atom stereocenters. The molecule has 0 unspecified atom stereocenters. The Morgan fingerprint density at radius 2 is 2.38 bits per heavy atom. The van der Waals surface area contributed by atoms with Crippen molar-refractivity contribution in [2.45, 2.75) is 0 Å². The van der Waals surface area contributed by atoms with Crippen LogP contribution in [0, 0.1) is 0 Å². The maximum atomic E-state index is 11.8. The summed E-state index contributed by atoms with van der Waals surface area (Å²) in [5, 5.41) is 6.80. The first kappa shape index (κ1) is 10.6. The van der Waals surface area contributed by atoms with Gasteiger partial charge in [-0.1, -0.05) is 11.6 Å². The molecule has 0 spiro atoms. The molecule has 0 saturated carbocycles. The summed E-state index contributed by atoms with van der Waals surface area (Å²) in [4.78, 5) is 15.6. The van der Waals surface area contributed by atoms with Gasteiger partial charge in [-0.3, -0.25) is 9.48 Å². The van der Waals surface area contributed by atoms with Gasteiger partial charge < -0.3 is 5.32 Å². The lowest BCUT2D eigenvalue weighted by atomic mass is 10.2. The number of carbonyl (C=O) groups excluding carboxylic acids is 1. The molecule has 2 heterocycles. The van der Waals surface area contributed by atoms with Crippen molar-refractivity contribution in [3.8, 4) is 0 Å². The quantitative estimate of drug-likeness (QED) is 0.808. The summed E-state index contributed by atoms with van der Waals surface area (Å²) < 4.78 is 1.60. The van der Waals surface area contributed by atoms with Crippen LogP contribution < -0.4 is 5.32 Å². The Morgan fingerprint density at radius 1 is 1.56 bits per heavy atom. The fraction of sp³-hybridized carbons (Fsp3) is 0.100. The number of nitrogens with one attached hydrogen (secondary N) is 1. The number of anilines is 1. The van der Waals surface area contributed by atoms with Crippen molar-refractivity contribution >= 4 is 23.2 Å². The highest BCUT2D eigenvalue weighted by Gasteiger charge is 2.11. The summed E-state index contributed by atoms with van der Waals surface area (Å²) in [5.74, 6) is -0.300. The number of amides is 1. The molecule has 16 heavy (non-hydrogen) atoms. The summed E-state index contributed by atoms with van der Waals surface area (Å²) in [5.41, 5.74) is 0.959. The summed E-state index contributed by atoms with van der Waals surface area (Å²) in [7, 11) is 1.77. The molecule has 0 aliphatic heterocycles. The van der Waals surface area contributed by atoms with Crippen molar-refractivity contribution in [3.63, 3.8) is 0 Å². The zero-order chi connectivity index (χ0) is 11.5. The molecule has 0 bridgehead atoms. The fourth-order valence-corrected chi connectivity index (χ4v) is 1.44. The summed E-state index contributed by atoms with van der Waals surface area (Å²) in [6.45, 7) is 0. The maximum absolute atomic E-state index is 11.8. The van der Waals surface area contributed by atoms with Gasteiger partial charge in [0.05, 0.1) is 17.4 Å². The fourth-order valence-electron chi connectivity index (χ4n) is 1.24. The predicted octanol–water partition coefficient (Wildman–Crippen LogP) is 1.72. The Kier molecular flexibility index (Phi) is 2.87. The molecule has 5 nitrogen and oxygen atoms in total. The smallest absolute Gasteiger partial charge is 0.258 e. The highest BCUT2D eigenvalue weighted by Crippen LogP contribution is 2.14. The molecule has 2 rings (SSSR count). The van der Waals surface area contributed by atoms with Crippen LogP contribution in [0.15, 0.2) is 30.7 Å². The van der Waals surface area contributed by atoms with E-state index < -0.39 is 0 Å². The van der Waals surface area contributed by atoms with E-state index in [0.29, 0.717) is 11.3 Å². The molecule has 6 heteroatoms. The van der Waals surface area contributed by atoms with E-state index in [1.54, 1.807) is 36.3 Å². The van der Waals surface area contributed by atoms with Crippen LogP contribution in [0.2, 0.25) is 5.15 Å². The zero-order valence-corrected chi connectivity index (χ0v) is 9.27. The standard InChI is InChI=1S/C10H9ClN4O/c1-15-6-7(5-13-15)14-10(16)8-3-2-4-12-9(8)11/h2-6H,1H3,(H,14,16). The summed E-state index contributed by atoms with van der Waals surface area (Å²) >= 11 is 5.80. The molecule has 82 valence electrons. The first-order valence-corrected chi connectivity index (χ1v) is 4.95. The van der Waals surface area contributed by atoms with E-state index >= 15 is 0 Å². The minimum Gasteiger partial charge on any atom is -0.319 e. The third-order valence-electron chi connectivity index (χ3n) is 1.97. The van der Waals surface area contributed by atoms with E-state index in [0.717, 1.165) is 0 Å². The lowest BCUT2D eigenvalue weighted by Gasteiger charge is -2.02. The van der Waals surface area contributed by atoms with Crippen LogP contribution in [-0.4, -0.2) is 20.7 Å². The van der Waals surface area contributed by atoms with E-state index in [9.17, 15) is 4.79 Å². The van der Waals surface area contributed by atoms with Crippen molar-refractivity contribution in [2.75, 3.05) is 5.32 Å². The number of aromatic nitrogens is 3. The largest absolute Gasteiger partial charge is 0.319 e. The molecule has 0 aliphatic carbocycles. The highest BCUT2D eigenvalue weighted by molar-refractivity contribution is 6.33. The third kappa shape index (κ3) is 2.20. The lowest BCUT2D eigenvalue weighted by Crippen LogP contribution is -2.12. The topological polar surface area (TPSA) is 59.8 Å². The second-order valence-electron chi connectivity index (χ2n) is 3.20. The molecule has 1 amide bonds. The van der Waals surface area contributed by atoms with Gasteiger partial charge in [0, 0.05) is 19.4 Å². The van der Waals surface area contributed by atoms with Crippen LogP contribution in [0.5, 0.6) is 0 Å². The Bertz CT molecular complexity index is 523. The van der Waals surface area contributed by atoms with Gasteiger partial charge in [-0.05, 0) is 12.1 Å². The van der Waals surface area contributed by atoms with Crippen molar-refractivity contribution < 1.29 is 4.79 Å². The number of rotatable bonds is 2. The number of halogens is 1. The molecule has 0 aliphatic rings. The van der Waals surface area contributed by atoms with Crippen LogP contribution >= 0.6 is 11.6 Å². The van der Waals surface area contributed by atoms with Crippen LogP contribution in [0.25, 0.3) is 0 Å². The van der Waals surface area contributed by atoms with Crippen molar-refractivity contribution in [1.29, 1.82) is 0 Å². The van der Waals surface area contributed by atoms with Gasteiger partial charge in [0.1, 0.15) is 5.15 Å². The Morgan fingerprint density at radius 3 is 3.00 bits per heavy atom. The third-order valence-corrected chi connectivity index (χ3v) is 2.27. The lowest BCUT2D eigenvalue weighted by molar-refractivity contribution is 0.102. The van der Waals surface area contributed by atoms with E-state index in [1.165, 1.54) is 6.20 Å². The number of nitrogens with zero attached hydrogens (tertiary/aromatic N) is 3. The number of carbonyl (C=O) groups is 1. The van der Waals surface area contributed by atoms with Gasteiger partial charge in [-0.15, -0.1) is 0 Å². The zero-order valence-electron chi connectivity index (χ0n) is 8.51. The molecule has 0 aromatic carbocycles. The number of hydrogen-bond acceptors (Lipinski definition) is 3. The van der Waals surface area contributed by atoms with Gasteiger partial charge in [0.15, 0.2) is 0 Å². The van der Waals surface area contributed by atoms with Crippen molar-refractivity contribution in [1.82, 2.24) is 14.8 Å². The Labute approximate surface area is 97.1 Å². The van der Waals surface area contributed by atoms with Crippen LogP contribution in [0.1, 0.15) is 10.4 Å². The normalized spacial score (nSPS) is 10.1. The van der Waals surface area contributed by atoms with E-state index in [2.05, 4.69) is 15.4 Å². The maximum Gasteiger partial charge on any atom is 0.258 e. The number of aryl methyl sites for hydroxylation is 1. The monoisotopic (exact) mass is 236 g/mol. The molecule has 1 N–H and O–H groups in total. The van der Waals surface area contributed by atoms with Crippen LogP contribution in [0.3, 0.4) is 0 Å². The van der Waals surface area contributed by atoms with Crippen molar-refractivity contribution in [2.24, 2.45) is 7.05 Å². The summed E-state index contributed by atoms with van der Waals surface area (Å²) in [6, 6.07) is 3.27. The van der Waals surface area contributed by atoms with Gasteiger partial charge in [-0.2, -0.15) is 5.10 Å². The van der Waals surface area contributed by atoms with E-state index in [-0.39, 0.29) is 11.1 Å². The molecule has 2 aromatic rings. The van der Waals surface area contributed by atoms with Crippen LogP contribution in [0.4, 0.5) is 5.69 Å². The molecule has 0 fully saturated rings. The van der Waals surface area contributed by atoms with Gasteiger partial charge >= 0.3 is 0 Å². The van der Waals surface area contributed by atoms with Crippen LogP contribution in [-0.2, 0) is 7.05 Å².